The van der Waals surface area contributed by atoms with Crippen molar-refractivity contribution in [3.05, 3.63) is 12.2 Å². The summed E-state index contributed by atoms with van der Waals surface area (Å²) in [5.41, 5.74) is 5.36. The highest BCUT2D eigenvalue weighted by Crippen LogP contribution is 1.93. The van der Waals surface area contributed by atoms with Crippen molar-refractivity contribution in [2.45, 2.75) is 20.3 Å². The van der Waals surface area contributed by atoms with Gasteiger partial charge in [-0.3, -0.25) is 0 Å². The minimum Gasteiger partial charge on any atom is -0.330 e. The minimum atomic E-state index is 0.551. The van der Waals surface area contributed by atoms with E-state index in [2.05, 4.69) is 26.0 Å². The maximum Gasteiger partial charge on any atom is -0.00168 e. The van der Waals surface area contributed by atoms with E-state index >= 15 is 0 Å². The molecular formula is C7H15N. The summed E-state index contributed by atoms with van der Waals surface area (Å²) < 4.78 is 0. The Bertz CT molecular complexity index is 66.8. The lowest BCUT2D eigenvalue weighted by molar-refractivity contribution is 0.737. The lowest BCUT2D eigenvalue weighted by Crippen LogP contribution is -2.07. The van der Waals surface area contributed by atoms with Crippen molar-refractivity contribution in [3.8, 4) is 0 Å². The summed E-state index contributed by atoms with van der Waals surface area (Å²) in [7, 11) is 0. The quantitative estimate of drug-likeness (QED) is 0.552. The number of hydrogen-bond acceptors (Lipinski definition) is 1. The van der Waals surface area contributed by atoms with Gasteiger partial charge in [0.1, 0.15) is 0 Å². The molecule has 1 atom stereocenters. The third-order valence-electron chi connectivity index (χ3n) is 1.07. The normalized spacial score (nSPS) is 14.9. The van der Waals surface area contributed by atoms with Gasteiger partial charge in [-0.25, -0.2) is 0 Å². The van der Waals surface area contributed by atoms with E-state index in [1.807, 2.05) is 0 Å². The Morgan fingerprint density at radius 3 is 2.62 bits per heavy atom. The van der Waals surface area contributed by atoms with Crippen LogP contribution in [0.15, 0.2) is 12.2 Å². The van der Waals surface area contributed by atoms with E-state index in [1.165, 1.54) is 0 Å². The zero-order valence-electron chi connectivity index (χ0n) is 5.72. The fraction of sp³-hybridized carbons (Fsp3) is 0.714. The lowest BCUT2D eigenvalue weighted by atomic mass is 10.1. The molecule has 0 spiro atoms. The highest BCUT2D eigenvalue weighted by Gasteiger charge is 1.87. The molecule has 0 fully saturated rings. The summed E-state index contributed by atoms with van der Waals surface area (Å²) in [6.45, 7) is 5.00. The Morgan fingerprint density at radius 1 is 1.62 bits per heavy atom. The van der Waals surface area contributed by atoms with Crippen molar-refractivity contribution in [1.82, 2.24) is 0 Å². The van der Waals surface area contributed by atoms with E-state index in [1.54, 1.807) is 0 Å². The van der Waals surface area contributed by atoms with E-state index in [9.17, 15) is 0 Å². The second kappa shape index (κ2) is 4.85. The molecule has 0 saturated carbocycles. The highest BCUT2D eigenvalue weighted by molar-refractivity contribution is 4.85. The molecule has 0 rings (SSSR count). The highest BCUT2D eigenvalue weighted by atomic mass is 14.5. The Kier molecular flexibility index (Phi) is 4.67. The van der Waals surface area contributed by atoms with E-state index in [0.717, 1.165) is 13.0 Å². The standard InChI is InChI=1S/C7H15N/c1-3-4-5-7(2)6-8/h4-5,7H,3,6,8H2,1-2H3/b5-4-. The monoisotopic (exact) mass is 113 g/mol. The number of rotatable bonds is 3. The summed E-state index contributed by atoms with van der Waals surface area (Å²) in [6, 6.07) is 0. The molecule has 1 nitrogen and oxygen atoms in total. The predicted molar refractivity (Wildman–Crippen MR) is 37.6 cm³/mol. The van der Waals surface area contributed by atoms with Crippen LogP contribution in [-0.4, -0.2) is 6.54 Å². The first-order chi connectivity index (χ1) is 3.81. The van der Waals surface area contributed by atoms with Crippen molar-refractivity contribution in [3.63, 3.8) is 0 Å². The van der Waals surface area contributed by atoms with Crippen LogP contribution in [0, 0.1) is 5.92 Å². The lowest BCUT2D eigenvalue weighted by Gasteiger charge is -1.96. The van der Waals surface area contributed by atoms with Crippen molar-refractivity contribution < 1.29 is 0 Å². The molecule has 1 heteroatoms. The van der Waals surface area contributed by atoms with E-state index < -0.39 is 0 Å². The van der Waals surface area contributed by atoms with Crippen LogP contribution < -0.4 is 5.73 Å². The Hall–Kier alpha value is -0.300. The number of hydrogen-bond donors (Lipinski definition) is 1. The van der Waals surface area contributed by atoms with Crippen LogP contribution in [0.25, 0.3) is 0 Å². The van der Waals surface area contributed by atoms with Gasteiger partial charge in [0.2, 0.25) is 0 Å². The average Bonchev–Trinajstić information content (AvgIpc) is 1.83. The Morgan fingerprint density at radius 2 is 2.25 bits per heavy atom. The molecular weight excluding hydrogens is 98.1 g/mol. The second-order valence-electron chi connectivity index (χ2n) is 2.05. The summed E-state index contributed by atoms with van der Waals surface area (Å²) in [4.78, 5) is 0. The second-order valence-corrected chi connectivity index (χ2v) is 2.05. The molecule has 0 saturated heterocycles. The smallest absolute Gasteiger partial charge is 0.00168 e. The first-order valence-electron chi connectivity index (χ1n) is 3.18. The zero-order valence-corrected chi connectivity index (χ0v) is 5.72. The fourth-order valence-corrected chi connectivity index (χ4v) is 0.447. The predicted octanol–water partition coefficient (Wildman–Crippen LogP) is 1.55. The van der Waals surface area contributed by atoms with Crippen LogP contribution >= 0.6 is 0 Å². The number of allylic oxidation sites excluding steroid dienone is 1. The van der Waals surface area contributed by atoms with Crippen LogP contribution in [0.3, 0.4) is 0 Å². The molecule has 8 heavy (non-hydrogen) atoms. The fourth-order valence-electron chi connectivity index (χ4n) is 0.447. The molecule has 0 aliphatic rings. The molecule has 0 aromatic rings. The van der Waals surface area contributed by atoms with Crippen LogP contribution in [0.5, 0.6) is 0 Å². The van der Waals surface area contributed by atoms with Crippen LogP contribution in [-0.2, 0) is 0 Å². The van der Waals surface area contributed by atoms with E-state index in [0.29, 0.717) is 5.92 Å². The van der Waals surface area contributed by atoms with Gasteiger partial charge in [0.15, 0.2) is 0 Å². The molecule has 1 unspecified atom stereocenters. The third-order valence-corrected chi connectivity index (χ3v) is 1.07. The van der Waals surface area contributed by atoms with Crippen molar-refractivity contribution in [2.24, 2.45) is 11.7 Å². The first kappa shape index (κ1) is 7.70. The van der Waals surface area contributed by atoms with Crippen molar-refractivity contribution >= 4 is 0 Å². The average molecular weight is 113 g/mol. The van der Waals surface area contributed by atoms with Gasteiger partial charge >= 0.3 is 0 Å². The first-order valence-corrected chi connectivity index (χ1v) is 3.18. The van der Waals surface area contributed by atoms with Crippen molar-refractivity contribution in [2.75, 3.05) is 6.54 Å². The topological polar surface area (TPSA) is 26.0 Å². The third kappa shape index (κ3) is 3.88. The molecule has 0 aromatic heterocycles. The van der Waals surface area contributed by atoms with Gasteiger partial charge in [0.05, 0.1) is 0 Å². The van der Waals surface area contributed by atoms with E-state index in [-0.39, 0.29) is 0 Å². The molecule has 2 N–H and O–H groups in total. The van der Waals surface area contributed by atoms with Crippen LogP contribution in [0.2, 0.25) is 0 Å². The molecule has 0 bridgehead atoms. The maximum atomic E-state index is 5.36. The molecule has 0 amide bonds. The Balaban J connectivity index is 3.21. The summed E-state index contributed by atoms with van der Waals surface area (Å²) in [5.74, 6) is 0.551. The van der Waals surface area contributed by atoms with Gasteiger partial charge in [0.25, 0.3) is 0 Å². The molecule has 0 radical (unpaired) electrons. The van der Waals surface area contributed by atoms with Gasteiger partial charge in [-0.1, -0.05) is 26.0 Å². The molecule has 0 heterocycles. The maximum absolute atomic E-state index is 5.36. The van der Waals surface area contributed by atoms with Gasteiger partial charge in [-0.05, 0) is 18.9 Å². The van der Waals surface area contributed by atoms with Crippen LogP contribution in [0.1, 0.15) is 20.3 Å². The van der Waals surface area contributed by atoms with Gasteiger partial charge in [-0.2, -0.15) is 0 Å². The SMILES string of the molecule is CC/C=C\C(C)CN. The molecule has 48 valence electrons. The largest absolute Gasteiger partial charge is 0.330 e. The molecule has 0 aliphatic carbocycles. The minimum absolute atomic E-state index is 0.551. The van der Waals surface area contributed by atoms with Gasteiger partial charge < -0.3 is 5.73 Å². The summed E-state index contributed by atoms with van der Waals surface area (Å²) in [5, 5.41) is 0. The van der Waals surface area contributed by atoms with E-state index in [4.69, 9.17) is 5.73 Å². The Labute approximate surface area is 51.6 Å². The number of nitrogens with two attached hydrogens (primary N) is 1. The zero-order chi connectivity index (χ0) is 6.41. The summed E-state index contributed by atoms with van der Waals surface area (Å²) >= 11 is 0. The van der Waals surface area contributed by atoms with Gasteiger partial charge in [0, 0.05) is 0 Å². The molecule has 0 aromatic carbocycles. The van der Waals surface area contributed by atoms with Crippen LogP contribution in [0.4, 0.5) is 0 Å². The van der Waals surface area contributed by atoms with Crippen molar-refractivity contribution in [1.29, 1.82) is 0 Å². The molecule has 0 aliphatic heterocycles. The summed E-state index contributed by atoms with van der Waals surface area (Å²) in [6.07, 6.45) is 5.42. The van der Waals surface area contributed by atoms with Gasteiger partial charge in [-0.15, -0.1) is 0 Å².